The van der Waals surface area contributed by atoms with Gasteiger partial charge in [0.05, 0.1) is 40.5 Å². The van der Waals surface area contributed by atoms with Crippen LogP contribution in [0.2, 0.25) is 0 Å². The first kappa shape index (κ1) is 32.6. The Balaban J connectivity index is 0.00000141. The molecule has 5 rings (SSSR count). The van der Waals surface area contributed by atoms with E-state index >= 15 is 0 Å². The number of aliphatic hydroxyl groups excluding tert-OH is 1. The van der Waals surface area contributed by atoms with E-state index in [1.54, 1.807) is 18.5 Å². The van der Waals surface area contributed by atoms with E-state index < -0.39 is 22.2 Å². The van der Waals surface area contributed by atoms with Gasteiger partial charge in [-0.05, 0) is 43.0 Å². The molecule has 0 fully saturated rings. The van der Waals surface area contributed by atoms with Gasteiger partial charge in [-0.2, -0.15) is 0 Å². The molecule has 12 nitrogen and oxygen atoms in total. The van der Waals surface area contributed by atoms with Gasteiger partial charge in [0.15, 0.2) is 0 Å². The number of nitrogens with zero attached hydrogens (tertiary/aromatic N) is 4. The van der Waals surface area contributed by atoms with Crippen LogP contribution in [0.1, 0.15) is 39.8 Å². The predicted octanol–water partition coefficient (Wildman–Crippen LogP) is 2.27. The molecular weight excluding hydrogens is 584 g/mol. The minimum Gasteiger partial charge on any atom is -0.483 e. The summed E-state index contributed by atoms with van der Waals surface area (Å²) in [5.41, 5.74) is 5.23. The number of aliphatic hydroxyl groups is 1. The van der Waals surface area contributed by atoms with Crippen molar-refractivity contribution in [2.45, 2.75) is 51.9 Å². The lowest BCUT2D eigenvalue weighted by Gasteiger charge is -2.25. The summed E-state index contributed by atoms with van der Waals surface area (Å²) in [4.78, 5) is 30.7. The minimum absolute atomic E-state index is 0.0147. The molecule has 0 aliphatic carbocycles. The maximum Gasteiger partial charge on any atom is 0.290 e. The molecular formula is C31H38N6O6S. The number of benzene rings is 2. The summed E-state index contributed by atoms with van der Waals surface area (Å²) in [6, 6.07) is 12.5. The maximum atomic E-state index is 13.7. The van der Waals surface area contributed by atoms with Crippen LogP contribution in [0.15, 0.2) is 61.1 Å². The second-order valence-corrected chi connectivity index (χ2v) is 12.7. The van der Waals surface area contributed by atoms with E-state index in [-0.39, 0.29) is 24.7 Å². The number of nitrogens with one attached hydrogen (secondary N) is 2. The van der Waals surface area contributed by atoms with Gasteiger partial charge < -0.3 is 25.4 Å². The molecule has 1 amide bonds. The molecule has 2 aromatic carbocycles. The van der Waals surface area contributed by atoms with Crippen LogP contribution < -0.4 is 14.9 Å². The lowest BCUT2D eigenvalue weighted by Crippen LogP contribution is -2.48. The van der Waals surface area contributed by atoms with Crippen LogP contribution in [0, 0.1) is 6.92 Å². The summed E-state index contributed by atoms with van der Waals surface area (Å²) in [6.07, 6.45) is 5.63. The highest BCUT2D eigenvalue weighted by molar-refractivity contribution is 7.92. The molecule has 4 aromatic rings. The quantitative estimate of drug-likeness (QED) is 0.194. The van der Waals surface area contributed by atoms with E-state index in [4.69, 9.17) is 9.90 Å². The Hall–Kier alpha value is -4.33. The average Bonchev–Trinajstić information content (AvgIpc) is 3.34. The SMILES string of the molecule is CCc1cn2c3c(cc(C(=O)N[C@@H](Cc4ccccc4)[C@H](O)CNCc4cnc(C)cn4)cc13)N(C)S(=O)(=O)CC2.O=CO. The molecule has 0 saturated carbocycles. The number of rotatable bonds is 10. The number of anilines is 1. The molecule has 0 spiro atoms. The average molecular weight is 623 g/mol. The Kier molecular flexibility index (Phi) is 10.7. The molecule has 234 valence electrons. The van der Waals surface area contributed by atoms with Crippen LogP contribution >= 0.6 is 0 Å². The number of carbonyl (C=O) groups excluding carboxylic acids is 1. The standard InChI is InChI=1S/C30H36N6O4S.CH2O2/c1-4-22-19-36-10-11-41(39,40)35(3)27-14-23(13-25(22)29(27)36)30(38)34-26(12-21-8-6-5-7-9-21)28(37)18-31-16-24-17-32-20(2)15-33-24;2-1-3/h5-9,13-15,17,19,26,28,31,37H,4,10-12,16,18H2,1-3H3,(H,34,38);1H,(H,2,3)/t26-,28+;/m0./s1. The van der Waals surface area contributed by atoms with E-state index in [2.05, 4.69) is 20.6 Å². The van der Waals surface area contributed by atoms with Crippen molar-refractivity contribution in [1.29, 1.82) is 0 Å². The largest absolute Gasteiger partial charge is 0.483 e. The zero-order valence-corrected chi connectivity index (χ0v) is 25.8. The van der Waals surface area contributed by atoms with Gasteiger partial charge in [0.25, 0.3) is 12.4 Å². The molecule has 0 bridgehead atoms. The molecule has 4 N–H and O–H groups in total. The highest BCUT2D eigenvalue weighted by Crippen LogP contribution is 2.35. The molecule has 1 aliphatic heterocycles. The molecule has 2 atom stereocenters. The molecule has 44 heavy (non-hydrogen) atoms. The summed E-state index contributed by atoms with van der Waals surface area (Å²) in [7, 11) is -2.00. The van der Waals surface area contributed by atoms with Gasteiger partial charge in [0.2, 0.25) is 10.0 Å². The minimum atomic E-state index is -3.53. The van der Waals surface area contributed by atoms with Gasteiger partial charge in [-0.25, -0.2) is 8.42 Å². The number of aromatic nitrogens is 3. The van der Waals surface area contributed by atoms with Crippen molar-refractivity contribution < 1.29 is 28.2 Å². The Morgan fingerprint density at radius 2 is 1.89 bits per heavy atom. The van der Waals surface area contributed by atoms with E-state index in [1.807, 2.05) is 61.0 Å². The summed E-state index contributed by atoms with van der Waals surface area (Å²) in [5.74, 6) is -0.392. The second-order valence-electron chi connectivity index (χ2n) is 10.6. The molecule has 3 heterocycles. The van der Waals surface area contributed by atoms with Crippen molar-refractivity contribution in [1.82, 2.24) is 25.2 Å². The Morgan fingerprint density at radius 1 is 1.16 bits per heavy atom. The fraction of sp³-hybridized carbons (Fsp3) is 0.355. The van der Waals surface area contributed by atoms with E-state index in [1.165, 1.54) is 11.4 Å². The molecule has 0 unspecified atom stereocenters. The summed E-state index contributed by atoms with van der Waals surface area (Å²) >= 11 is 0. The van der Waals surface area contributed by atoms with Gasteiger partial charge in [-0.15, -0.1) is 0 Å². The molecule has 13 heteroatoms. The highest BCUT2D eigenvalue weighted by Gasteiger charge is 2.29. The Bertz CT molecular complexity index is 1690. The van der Waals surface area contributed by atoms with Gasteiger partial charge in [-0.3, -0.25) is 23.9 Å². The van der Waals surface area contributed by atoms with E-state index in [0.29, 0.717) is 30.8 Å². The van der Waals surface area contributed by atoms with Crippen molar-refractivity contribution in [3.8, 4) is 0 Å². The number of carbonyl (C=O) groups is 2. The van der Waals surface area contributed by atoms with Gasteiger partial charge in [-0.1, -0.05) is 37.3 Å². The Morgan fingerprint density at radius 3 is 2.55 bits per heavy atom. The number of hydrogen-bond donors (Lipinski definition) is 4. The molecule has 1 aliphatic rings. The lowest BCUT2D eigenvalue weighted by atomic mass is 10.00. The van der Waals surface area contributed by atoms with Crippen molar-refractivity contribution in [2.24, 2.45) is 0 Å². The van der Waals surface area contributed by atoms with Crippen LogP contribution in [-0.2, 0) is 40.7 Å². The van der Waals surface area contributed by atoms with Gasteiger partial charge in [0, 0.05) is 56.2 Å². The van der Waals surface area contributed by atoms with Crippen molar-refractivity contribution in [3.05, 3.63) is 89.1 Å². The number of aryl methyl sites for hydroxylation is 3. The summed E-state index contributed by atoms with van der Waals surface area (Å²) in [5, 5.41) is 25.2. The zero-order chi connectivity index (χ0) is 31.9. The third kappa shape index (κ3) is 7.59. The van der Waals surface area contributed by atoms with Crippen LogP contribution in [0.4, 0.5) is 5.69 Å². The summed E-state index contributed by atoms with van der Waals surface area (Å²) < 4.78 is 29.0. The molecule has 2 aromatic heterocycles. The van der Waals surface area contributed by atoms with Crippen molar-refractivity contribution in [2.75, 3.05) is 23.7 Å². The monoisotopic (exact) mass is 622 g/mol. The van der Waals surface area contributed by atoms with Crippen LogP contribution in [0.5, 0.6) is 0 Å². The lowest BCUT2D eigenvalue weighted by molar-refractivity contribution is -0.122. The highest BCUT2D eigenvalue weighted by atomic mass is 32.2. The fourth-order valence-corrected chi connectivity index (χ4v) is 6.36. The molecule has 0 radical (unpaired) electrons. The fourth-order valence-electron chi connectivity index (χ4n) is 5.22. The van der Waals surface area contributed by atoms with Gasteiger partial charge >= 0.3 is 0 Å². The maximum absolute atomic E-state index is 13.7. The second kappa shape index (κ2) is 14.4. The third-order valence-corrected chi connectivity index (χ3v) is 9.33. The number of amides is 1. The van der Waals surface area contributed by atoms with Crippen molar-refractivity contribution in [3.63, 3.8) is 0 Å². The number of sulfonamides is 1. The molecule has 0 saturated heterocycles. The zero-order valence-electron chi connectivity index (χ0n) is 25.0. The first-order chi connectivity index (χ1) is 21.1. The summed E-state index contributed by atoms with van der Waals surface area (Å²) in [6.45, 7) is 4.66. The van der Waals surface area contributed by atoms with E-state index in [9.17, 15) is 18.3 Å². The number of carboxylic acid groups (broad SMARTS) is 1. The normalized spacial score (nSPS) is 15.0. The van der Waals surface area contributed by atoms with Crippen LogP contribution in [0.3, 0.4) is 0 Å². The Labute approximate surface area is 256 Å². The predicted molar refractivity (Wildman–Crippen MR) is 168 cm³/mol. The van der Waals surface area contributed by atoms with Crippen LogP contribution in [0.25, 0.3) is 10.9 Å². The first-order valence-corrected chi connectivity index (χ1v) is 15.9. The third-order valence-electron chi connectivity index (χ3n) is 7.60. The van der Waals surface area contributed by atoms with Crippen molar-refractivity contribution >= 4 is 39.0 Å². The van der Waals surface area contributed by atoms with Gasteiger partial charge in [0.1, 0.15) is 0 Å². The van der Waals surface area contributed by atoms with E-state index in [0.717, 1.165) is 39.8 Å². The first-order valence-electron chi connectivity index (χ1n) is 14.3. The number of hydrogen-bond acceptors (Lipinski definition) is 8. The van der Waals surface area contributed by atoms with Crippen LogP contribution in [-0.4, -0.2) is 77.0 Å². The topological polar surface area (TPSA) is 167 Å². The smallest absolute Gasteiger partial charge is 0.290 e.